The average molecular weight is 433 g/mol. The Balaban J connectivity index is 1.75. The van der Waals surface area contributed by atoms with Crippen molar-refractivity contribution < 1.29 is 14.5 Å². The van der Waals surface area contributed by atoms with E-state index in [0.717, 1.165) is 37.5 Å². The number of nitrogens with zero attached hydrogens (tertiary/aromatic N) is 3. The molecule has 1 saturated heterocycles. The number of nitro groups is 1. The molecule has 1 fully saturated rings. The highest BCUT2D eigenvalue weighted by molar-refractivity contribution is 6.34. The minimum Gasteiger partial charge on any atom is -0.497 e. The van der Waals surface area contributed by atoms with Gasteiger partial charge >= 0.3 is 0 Å². The zero-order valence-electron chi connectivity index (χ0n) is 17.0. The third-order valence-corrected chi connectivity index (χ3v) is 5.66. The summed E-state index contributed by atoms with van der Waals surface area (Å²) in [5.41, 5.74) is 1.15. The number of hydrogen-bond donors (Lipinski definition) is 1. The van der Waals surface area contributed by atoms with Gasteiger partial charge in [0.15, 0.2) is 0 Å². The second-order valence-corrected chi connectivity index (χ2v) is 7.67. The predicted molar refractivity (Wildman–Crippen MR) is 115 cm³/mol. The minimum atomic E-state index is -0.541. The van der Waals surface area contributed by atoms with Gasteiger partial charge in [-0.2, -0.15) is 0 Å². The Hall–Kier alpha value is -2.68. The number of nitro benzene ring substituents is 1. The Bertz CT molecular complexity index is 898. The van der Waals surface area contributed by atoms with E-state index in [1.54, 1.807) is 7.11 Å². The molecule has 3 rings (SSSR count). The third-order valence-electron chi connectivity index (χ3n) is 5.34. The first-order chi connectivity index (χ1) is 14.4. The molecule has 2 aromatic carbocycles. The van der Waals surface area contributed by atoms with Gasteiger partial charge in [0.1, 0.15) is 5.75 Å². The van der Waals surface area contributed by atoms with Crippen LogP contribution >= 0.6 is 11.6 Å². The summed E-state index contributed by atoms with van der Waals surface area (Å²) in [7, 11) is 3.72. The van der Waals surface area contributed by atoms with Crippen LogP contribution in [0.1, 0.15) is 22.0 Å². The van der Waals surface area contributed by atoms with Crippen molar-refractivity contribution in [3.8, 4) is 5.75 Å². The fraction of sp³-hybridized carbons (Fsp3) is 0.381. The number of rotatable bonds is 7. The van der Waals surface area contributed by atoms with Crippen molar-refractivity contribution in [2.75, 3.05) is 46.9 Å². The molecule has 1 aliphatic rings. The fourth-order valence-electron chi connectivity index (χ4n) is 3.50. The van der Waals surface area contributed by atoms with Gasteiger partial charge in [-0.25, -0.2) is 0 Å². The van der Waals surface area contributed by atoms with Gasteiger partial charge in [-0.3, -0.25) is 19.8 Å². The molecule has 0 saturated carbocycles. The van der Waals surface area contributed by atoms with Gasteiger partial charge in [0.25, 0.3) is 11.6 Å². The first-order valence-electron chi connectivity index (χ1n) is 9.67. The van der Waals surface area contributed by atoms with E-state index in [-0.39, 0.29) is 28.2 Å². The van der Waals surface area contributed by atoms with Crippen LogP contribution in [0.15, 0.2) is 42.5 Å². The molecule has 1 aliphatic heterocycles. The molecule has 0 bridgehead atoms. The van der Waals surface area contributed by atoms with Crippen LogP contribution in [0.4, 0.5) is 5.69 Å². The molecule has 0 spiro atoms. The maximum atomic E-state index is 12.7. The van der Waals surface area contributed by atoms with E-state index in [1.807, 2.05) is 24.3 Å². The van der Waals surface area contributed by atoms with E-state index in [0.29, 0.717) is 6.54 Å². The topological polar surface area (TPSA) is 87.9 Å². The second-order valence-electron chi connectivity index (χ2n) is 7.26. The molecule has 160 valence electrons. The molecule has 1 N–H and O–H groups in total. The number of likely N-dealkylation sites (N-methyl/N-ethyl adjacent to an activating group) is 1. The van der Waals surface area contributed by atoms with Crippen molar-refractivity contribution in [1.82, 2.24) is 15.1 Å². The standard InChI is InChI=1S/C21H25ClN4O4/c1-24-9-11-25(12-10-24)20(15-3-6-17(30-2)7-4-15)14-23-21(27)18-8-5-16(26(28)29)13-19(18)22/h3-8,13,20H,9-12,14H2,1-2H3,(H,23,27). The number of carbonyl (C=O) groups excluding carboxylic acids is 1. The van der Waals surface area contributed by atoms with Gasteiger partial charge in [0, 0.05) is 44.9 Å². The Morgan fingerprint density at radius 3 is 2.43 bits per heavy atom. The van der Waals surface area contributed by atoms with E-state index in [4.69, 9.17) is 16.3 Å². The molecule has 0 aromatic heterocycles. The maximum Gasteiger partial charge on any atom is 0.270 e. The summed E-state index contributed by atoms with van der Waals surface area (Å²) in [5, 5.41) is 13.9. The number of ether oxygens (including phenoxy) is 1. The fourth-order valence-corrected chi connectivity index (χ4v) is 3.76. The molecule has 1 atom stereocenters. The first kappa shape index (κ1) is 22.0. The molecule has 1 unspecified atom stereocenters. The largest absolute Gasteiger partial charge is 0.497 e. The third kappa shape index (κ3) is 5.27. The molecule has 8 nitrogen and oxygen atoms in total. The van der Waals surface area contributed by atoms with Crippen LogP contribution in [0, 0.1) is 10.1 Å². The van der Waals surface area contributed by atoms with Crippen molar-refractivity contribution in [3.05, 3.63) is 68.7 Å². The Kier molecular flexibility index (Phi) is 7.25. The summed E-state index contributed by atoms with van der Waals surface area (Å²) in [6.45, 7) is 4.08. The number of benzene rings is 2. The molecule has 9 heteroatoms. The van der Waals surface area contributed by atoms with Crippen molar-refractivity contribution >= 4 is 23.2 Å². The second kappa shape index (κ2) is 9.88. The van der Waals surface area contributed by atoms with Crippen LogP contribution in [0.2, 0.25) is 5.02 Å². The lowest BCUT2D eigenvalue weighted by molar-refractivity contribution is -0.384. The number of nitrogens with one attached hydrogen (secondary N) is 1. The van der Waals surface area contributed by atoms with Crippen molar-refractivity contribution in [1.29, 1.82) is 0 Å². The zero-order valence-corrected chi connectivity index (χ0v) is 17.8. The van der Waals surface area contributed by atoms with Crippen LogP contribution in [0.5, 0.6) is 5.75 Å². The molecule has 2 aromatic rings. The summed E-state index contributed by atoms with van der Waals surface area (Å²) in [6, 6.07) is 11.7. The average Bonchev–Trinajstić information content (AvgIpc) is 2.75. The minimum absolute atomic E-state index is 0.00891. The van der Waals surface area contributed by atoms with Crippen molar-refractivity contribution in [2.24, 2.45) is 0 Å². The van der Waals surface area contributed by atoms with Gasteiger partial charge in [-0.1, -0.05) is 23.7 Å². The SMILES string of the molecule is COc1ccc(C(CNC(=O)c2ccc([N+](=O)[O-])cc2Cl)N2CCN(C)CC2)cc1. The predicted octanol–water partition coefficient (Wildman–Crippen LogP) is 2.98. The van der Waals surface area contributed by atoms with Crippen LogP contribution in [-0.4, -0.2) is 67.5 Å². The molecular formula is C21H25ClN4O4. The summed E-state index contributed by atoms with van der Waals surface area (Å²) < 4.78 is 5.25. The van der Waals surface area contributed by atoms with E-state index < -0.39 is 4.92 Å². The number of non-ortho nitro benzene ring substituents is 1. The number of methoxy groups -OCH3 is 1. The first-order valence-corrected chi connectivity index (χ1v) is 10.1. The normalized spacial score (nSPS) is 16.1. The monoisotopic (exact) mass is 432 g/mol. The van der Waals surface area contributed by atoms with Crippen LogP contribution in [-0.2, 0) is 0 Å². The molecule has 1 amide bonds. The lowest BCUT2D eigenvalue weighted by Gasteiger charge is -2.38. The Morgan fingerprint density at radius 1 is 1.20 bits per heavy atom. The molecular weight excluding hydrogens is 408 g/mol. The van der Waals surface area contributed by atoms with Gasteiger partial charge in [0.2, 0.25) is 0 Å². The van der Waals surface area contributed by atoms with E-state index in [9.17, 15) is 14.9 Å². The Morgan fingerprint density at radius 2 is 1.87 bits per heavy atom. The smallest absolute Gasteiger partial charge is 0.270 e. The maximum absolute atomic E-state index is 12.7. The Labute approximate surface area is 180 Å². The van der Waals surface area contributed by atoms with Gasteiger partial charge in [0.05, 0.1) is 28.7 Å². The molecule has 0 radical (unpaired) electrons. The van der Waals surface area contributed by atoms with Gasteiger partial charge in [-0.15, -0.1) is 0 Å². The molecule has 30 heavy (non-hydrogen) atoms. The lowest BCUT2D eigenvalue weighted by Crippen LogP contribution is -2.48. The van der Waals surface area contributed by atoms with Crippen LogP contribution < -0.4 is 10.1 Å². The summed E-state index contributed by atoms with van der Waals surface area (Å²) in [6.07, 6.45) is 0. The number of hydrogen-bond acceptors (Lipinski definition) is 6. The van der Waals surface area contributed by atoms with Crippen LogP contribution in [0.3, 0.4) is 0 Å². The lowest BCUT2D eigenvalue weighted by atomic mass is 10.0. The number of carbonyl (C=O) groups is 1. The van der Waals surface area contributed by atoms with Gasteiger partial charge in [-0.05, 0) is 30.8 Å². The molecule has 1 heterocycles. The van der Waals surface area contributed by atoms with Crippen molar-refractivity contribution in [2.45, 2.75) is 6.04 Å². The number of amides is 1. The zero-order chi connectivity index (χ0) is 21.7. The van der Waals surface area contributed by atoms with E-state index >= 15 is 0 Å². The highest BCUT2D eigenvalue weighted by Gasteiger charge is 2.25. The van der Waals surface area contributed by atoms with Gasteiger partial charge < -0.3 is 15.0 Å². The number of piperazine rings is 1. The molecule has 0 aliphatic carbocycles. The number of halogens is 1. The highest BCUT2D eigenvalue weighted by Crippen LogP contribution is 2.25. The summed E-state index contributed by atoms with van der Waals surface area (Å²) in [5.74, 6) is 0.417. The van der Waals surface area contributed by atoms with Crippen molar-refractivity contribution in [3.63, 3.8) is 0 Å². The van der Waals surface area contributed by atoms with E-state index in [1.165, 1.54) is 18.2 Å². The highest BCUT2D eigenvalue weighted by atomic mass is 35.5. The quantitative estimate of drug-likeness (QED) is 0.534. The van der Waals surface area contributed by atoms with E-state index in [2.05, 4.69) is 22.2 Å². The summed E-state index contributed by atoms with van der Waals surface area (Å²) >= 11 is 6.10. The van der Waals surface area contributed by atoms with Crippen LogP contribution in [0.25, 0.3) is 0 Å². The summed E-state index contributed by atoms with van der Waals surface area (Å²) in [4.78, 5) is 27.7.